The average molecular weight is 229 g/mol. The summed E-state index contributed by atoms with van der Waals surface area (Å²) >= 11 is 0. The molecule has 0 aliphatic heterocycles. The Kier molecular flexibility index (Phi) is 3.28. The Morgan fingerprint density at radius 3 is 2.19 bits per heavy atom. The summed E-state index contributed by atoms with van der Waals surface area (Å²) in [4.78, 5) is 22.9. The highest BCUT2D eigenvalue weighted by atomic mass is 16.6. The van der Waals surface area contributed by atoms with E-state index in [1.54, 1.807) is 20.8 Å². The van der Waals surface area contributed by atoms with E-state index in [4.69, 9.17) is 10.5 Å². The van der Waals surface area contributed by atoms with Crippen molar-refractivity contribution in [3.05, 3.63) is 0 Å². The Morgan fingerprint density at radius 1 is 1.31 bits per heavy atom. The molecule has 1 fully saturated rings. The molecule has 0 spiro atoms. The third kappa shape index (κ3) is 2.72. The van der Waals surface area contributed by atoms with Gasteiger partial charge in [0, 0.05) is 0 Å². The van der Waals surface area contributed by atoms with Gasteiger partial charge in [-0.05, 0) is 33.6 Å². The van der Waals surface area contributed by atoms with Crippen LogP contribution in [-0.4, -0.2) is 30.2 Å². The summed E-state index contributed by atoms with van der Waals surface area (Å²) in [6, 6.07) is 0. The summed E-state index contributed by atoms with van der Waals surface area (Å²) in [6.07, 6.45) is 0.600. The highest BCUT2D eigenvalue weighted by Gasteiger charge is 2.52. The number of nitrogens with two attached hydrogens (primary N) is 1. The Balaban J connectivity index is 2.47. The zero-order valence-corrected chi connectivity index (χ0v) is 10.2. The molecule has 0 atom stereocenters. The minimum absolute atomic E-state index is 0.289. The number of methoxy groups -OCH3 is 1. The van der Waals surface area contributed by atoms with Crippen molar-refractivity contribution in [2.24, 2.45) is 11.7 Å². The first-order valence-corrected chi connectivity index (χ1v) is 5.28. The quantitative estimate of drug-likeness (QED) is 0.702. The molecule has 92 valence electrons. The van der Waals surface area contributed by atoms with E-state index >= 15 is 0 Å². The molecule has 0 heterocycles. The van der Waals surface area contributed by atoms with Crippen LogP contribution in [0, 0.1) is 5.92 Å². The normalized spacial score (nSPS) is 29.2. The van der Waals surface area contributed by atoms with Gasteiger partial charge >= 0.3 is 11.9 Å². The molecule has 2 N–H and O–H groups in total. The summed E-state index contributed by atoms with van der Waals surface area (Å²) in [5.74, 6) is -1.05. The van der Waals surface area contributed by atoms with Crippen LogP contribution in [0.2, 0.25) is 0 Å². The van der Waals surface area contributed by atoms with Crippen LogP contribution in [-0.2, 0) is 19.1 Å². The van der Waals surface area contributed by atoms with Crippen molar-refractivity contribution in [2.45, 2.75) is 44.8 Å². The molecule has 0 aromatic carbocycles. The van der Waals surface area contributed by atoms with Crippen LogP contribution in [0.15, 0.2) is 0 Å². The monoisotopic (exact) mass is 229 g/mol. The summed E-state index contributed by atoms with van der Waals surface area (Å²) in [6.45, 7) is 5.42. The van der Waals surface area contributed by atoms with Crippen molar-refractivity contribution >= 4 is 11.9 Å². The van der Waals surface area contributed by atoms with Gasteiger partial charge in [0.05, 0.1) is 13.0 Å². The van der Waals surface area contributed by atoms with E-state index in [0.29, 0.717) is 12.8 Å². The third-order valence-corrected chi connectivity index (χ3v) is 2.55. The molecule has 0 unspecified atom stereocenters. The summed E-state index contributed by atoms with van der Waals surface area (Å²) in [5, 5.41) is 0. The first kappa shape index (κ1) is 13.0. The smallest absolute Gasteiger partial charge is 0.325 e. The molecule has 5 heteroatoms. The first-order valence-electron chi connectivity index (χ1n) is 5.28. The van der Waals surface area contributed by atoms with Crippen LogP contribution >= 0.6 is 0 Å². The van der Waals surface area contributed by atoms with E-state index in [1.165, 1.54) is 7.11 Å². The standard InChI is InChI=1S/C11H19NO4/c1-10(2,3)16-8(13)7-5-11(12,6-7)9(14)15-4/h7H,5-6,12H2,1-4H3. The predicted molar refractivity (Wildman–Crippen MR) is 57.5 cm³/mol. The fourth-order valence-electron chi connectivity index (χ4n) is 1.74. The zero-order chi connectivity index (χ0) is 12.6. The Morgan fingerprint density at radius 2 is 1.81 bits per heavy atom. The van der Waals surface area contributed by atoms with Crippen molar-refractivity contribution in [3.63, 3.8) is 0 Å². The van der Waals surface area contributed by atoms with E-state index in [2.05, 4.69) is 4.74 Å². The lowest BCUT2D eigenvalue weighted by Crippen LogP contribution is -2.60. The van der Waals surface area contributed by atoms with Gasteiger partial charge < -0.3 is 15.2 Å². The van der Waals surface area contributed by atoms with Crippen molar-refractivity contribution < 1.29 is 19.1 Å². The minimum atomic E-state index is -1.00. The van der Waals surface area contributed by atoms with Crippen LogP contribution in [0.3, 0.4) is 0 Å². The van der Waals surface area contributed by atoms with E-state index < -0.39 is 17.1 Å². The highest BCUT2D eigenvalue weighted by Crippen LogP contribution is 2.38. The summed E-state index contributed by atoms with van der Waals surface area (Å²) in [5.41, 5.74) is 4.26. The van der Waals surface area contributed by atoms with Gasteiger partial charge in [-0.2, -0.15) is 0 Å². The minimum Gasteiger partial charge on any atom is -0.468 e. The van der Waals surface area contributed by atoms with Gasteiger partial charge in [-0.1, -0.05) is 0 Å². The second-order valence-corrected chi connectivity index (χ2v) is 5.29. The maximum Gasteiger partial charge on any atom is 0.325 e. The molecule has 0 aromatic heterocycles. The predicted octanol–water partition coefficient (Wildman–Crippen LogP) is 0.609. The van der Waals surface area contributed by atoms with Gasteiger partial charge in [0.15, 0.2) is 0 Å². The lowest BCUT2D eigenvalue weighted by Gasteiger charge is -2.41. The van der Waals surface area contributed by atoms with E-state index in [1.807, 2.05) is 0 Å². The fourth-order valence-corrected chi connectivity index (χ4v) is 1.74. The van der Waals surface area contributed by atoms with Gasteiger partial charge in [0.2, 0.25) is 0 Å². The summed E-state index contributed by atoms with van der Waals surface area (Å²) < 4.78 is 9.77. The van der Waals surface area contributed by atoms with Gasteiger partial charge in [-0.15, -0.1) is 0 Å². The van der Waals surface area contributed by atoms with E-state index in [-0.39, 0.29) is 11.9 Å². The molecular formula is C11H19NO4. The first-order chi connectivity index (χ1) is 7.18. The topological polar surface area (TPSA) is 78.6 Å². The molecule has 0 bridgehead atoms. The number of hydrogen-bond acceptors (Lipinski definition) is 5. The third-order valence-electron chi connectivity index (χ3n) is 2.55. The SMILES string of the molecule is COC(=O)C1(N)CC(C(=O)OC(C)(C)C)C1. The van der Waals surface area contributed by atoms with Gasteiger partial charge in [0.25, 0.3) is 0 Å². The summed E-state index contributed by atoms with van der Waals surface area (Å²) in [7, 11) is 1.29. The van der Waals surface area contributed by atoms with Crippen molar-refractivity contribution in [1.29, 1.82) is 0 Å². The van der Waals surface area contributed by atoms with Crippen LogP contribution < -0.4 is 5.73 Å². The number of ether oxygens (including phenoxy) is 2. The lowest BCUT2D eigenvalue weighted by molar-refractivity contribution is -0.170. The van der Waals surface area contributed by atoms with Crippen molar-refractivity contribution in [1.82, 2.24) is 0 Å². The van der Waals surface area contributed by atoms with Gasteiger partial charge in [-0.3, -0.25) is 9.59 Å². The second-order valence-electron chi connectivity index (χ2n) is 5.29. The van der Waals surface area contributed by atoms with Crippen LogP contribution in [0.5, 0.6) is 0 Å². The van der Waals surface area contributed by atoms with Crippen LogP contribution in [0.25, 0.3) is 0 Å². The van der Waals surface area contributed by atoms with Gasteiger partial charge in [0.1, 0.15) is 11.1 Å². The largest absolute Gasteiger partial charge is 0.468 e. The van der Waals surface area contributed by atoms with E-state index in [0.717, 1.165) is 0 Å². The fraction of sp³-hybridized carbons (Fsp3) is 0.818. The average Bonchev–Trinajstić information content (AvgIpc) is 2.08. The van der Waals surface area contributed by atoms with Crippen molar-refractivity contribution in [2.75, 3.05) is 7.11 Å². The maximum absolute atomic E-state index is 11.6. The molecule has 1 saturated carbocycles. The number of carbonyl (C=O) groups excluding carboxylic acids is 2. The van der Waals surface area contributed by atoms with Gasteiger partial charge in [-0.25, -0.2) is 0 Å². The van der Waals surface area contributed by atoms with Crippen LogP contribution in [0.4, 0.5) is 0 Å². The molecule has 0 radical (unpaired) electrons. The number of hydrogen-bond donors (Lipinski definition) is 1. The molecule has 1 aliphatic rings. The Bertz CT molecular complexity index is 300. The number of carbonyl (C=O) groups is 2. The molecule has 0 saturated heterocycles. The zero-order valence-electron chi connectivity index (χ0n) is 10.2. The maximum atomic E-state index is 11.6. The molecule has 1 aliphatic carbocycles. The molecule has 16 heavy (non-hydrogen) atoms. The Hall–Kier alpha value is -1.10. The van der Waals surface area contributed by atoms with Crippen molar-refractivity contribution in [3.8, 4) is 0 Å². The lowest BCUT2D eigenvalue weighted by atomic mass is 9.69. The molecular weight excluding hydrogens is 210 g/mol. The molecule has 0 aromatic rings. The number of rotatable bonds is 2. The Labute approximate surface area is 95.3 Å². The number of esters is 2. The van der Waals surface area contributed by atoms with E-state index in [9.17, 15) is 9.59 Å². The second kappa shape index (κ2) is 4.05. The van der Waals surface area contributed by atoms with Crippen LogP contribution in [0.1, 0.15) is 33.6 Å². The molecule has 0 amide bonds. The molecule has 1 rings (SSSR count). The molecule has 5 nitrogen and oxygen atoms in total. The highest BCUT2D eigenvalue weighted by molar-refractivity contribution is 5.86.